The van der Waals surface area contributed by atoms with Gasteiger partial charge in [-0.2, -0.15) is 0 Å². The lowest BCUT2D eigenvalue weighted by Gasteiger charge is -2.12. The number of nitrogens with one attached hydrogen (secondary N) is 1. The van der Waals surface area contributed by atoms with E-state index in [4.69, 9.17) is 0 Å². The van der Waals surface area contributed by atoms with Crippen molar-refractivity contribution in [2.75, 3.05) is 0 Å². The van der Waals surface area contributed by atoms with Crippen LogP contribution in [0.3, 0.4) is 0 Å². The van der Waals surface area contributed by atoms with Crippen LogP contribution in [0.4, 0.5) is 0 Å². The van der Waals surface area contributed by atoms with Crippen molar-refractivity contribution in [3.8, 4) is 0 Å². The second-order valence-electron chi connectivity index (χ2n) is 5.36. The SMILES string of the molecule is CC(=O)N/C(C)=C/C=C(\CCC(C)C)C(C)C. The molecule has 2 nitrogen and oxygen atoms in total. The third kappa shape index (κ3) is 8.73. The summed E-state index contributed by atoms with van der Waals surface area (Å²) in [5.74, 6) is 1.29. The topological polar surface area (TPSA) is 29.1 Å². The van der Waals surface area contributed by atoms with Gasteiger partial charge >= 0.3 is 0 Å². The number of allylic oxidation sites excluding steroid dienone is 4. The van der Waals surface area contributed by atoms with E-state index in [1.165, 1.54) is 18.9 Å². The summed E-state index contributed by atoms with van der Waals surface area (Å²) in [5, 5.41) is 2.78. The third-order valence-electron chi connectivity index (χ3n) is 2.67. The molecule has 0 saturated carbocycles. The van der Waals surface area contributed by atoms with Gasteiger partial charge in [-0.15, -0.1) is 0 Å². The molecule has 98 valence electrons. The highest BCUT2D eigenvalue weighted by atomic mass is 16.1. The smallest absolute Gasteiger partial charge is 0.220 e. The first kappa shape index (κ1) is 16.0. The minimum Gasteiger partial charge on any atom is -0.330 e. The summed E-state index contributed by atoms with van der Waals surface area (Å²) in [4.78, 5) is 10.9. The van der Waals surface area contributed by atoms with Gasteiger partial charge in [-0.1, -0.05) is 39.3 Å². The minimum absolute atomic E-state index is 0.0135. The van der Waals surface area contributed by atoms with Crippen molar-refractivity contribution in [1.82, 2.24) is 5.32 Å². The fraction of sp³-hybridized carbons (Fsp3) is 0.667. The van der Waals surface area contributed by atoms with Crippen molar-refractivity contribution in [2.24, 2.45) is 11.8 Å². The summed E-state index contributed by atoms with van der Waals surface area (Å²) in [6.45, 7) is 12.4. The maximum absolute atomic E-state index is 10.9. The normalized spacial score (nSPS) is 13.4. The van der Waals surface area contributed by atoms with E-state index in [1.54, 1.807) is 0 Å². The zero-order valence-electron chi connectivity index (χ0n) is 12.1. The van der Waals surface area contributed by atoms with Crippen molar-refractivity contribution < 1.29 is 4.79 Å². The van der Waals surface area contributed by atoms with Crippen LogP contribution < -0.4 is 5.32 Å². The maximum Gasteiger partial charge on any atom is 0.220 e. The van der Waals surface area contributed by atoms with Crippen molar-refractivity contribution >= 4 is 5.91 Å². The summed E-state index contributed by atoms with van der Waals surface area (Å²) in [5.41, 5.74) is 2.35. The zero-order valence-corrected chi connectivity index (χ0v) is 12.1. The van der Waals surface area contributed by atoms with E-state index in [0.29, 0.717) is 5.92 Å². The Morgan fingerprint density at radius 1 is 1.12 bits per heavy atom. The molecule has 1 N–H and O–H groups in total. The second kappa shape index (κ2) is 8.10. The van der Waals surface area contributed by atoms with Gasteiger partial charge in [0.05, 0.1) is 0 Å². The van der Waals surface area contributed by atoms with Crippen molar-refractivity contribution in [3.05, 3.63) is 23.4 Å². The van der Waals surface area contributed by atoms with E-state index in [0.717, 1.165) is 18.0 Å². The van der Waals surface area contributed by atoms with Crippen LogP contribution in [0.2, 0.25) is 0 Å². The van der Waals surface area contributed by atoms with Crippen LogP contribution in [0.1, 0.15) is 54.4 Å². The molecule has 17 heavy (non-hydrogen) atoms. The Kier molecular flexibility index (Phi) is 7.60. The quantitative estimate of drug-likeness (QED) is 0.694. The summed E-state index contributed by atoms with van der Waals surface area (Å²) in [6, 6.07) is 0. The Hall–Kier alpha value is -1.05. The van der Waals surface area contributed by atoms with Gasteiger partial charge in [-0.3, -0.25) is 4.79 Å². The molecule has 0 aliphatic rings. The molecule has 0 saturated heterocycles. The molecule has 0 bridgehead atoms. The minimum atomic E-state index is -0.0135. The number of amides is 1. The molecule has 0 aliphatic heterocycles. The molecule has 0 fully saturated rings. The van der Waals surface area contributed by atoms with E-state index in [2.05, 4.69) is 39.1 Å². The summed E-state index contributed by atoms with van der Waals surface area (Å²) in [6.07, 6.45) is 6.51. The summed E-state index contributed by atoms with van der Waals surface area (Å²) < 4.78 is 0. The summed E-state index contributed by atoms with van der Waals surface area (Å²) >= 11 is 0. The van der Waals surface area contributed by atoms with E-state index in [9.17, 15) is 4.79 Å². The van der Waals surface area contributed by atoms with E-state index in [1.807, 2.05) is 13.0 Å². The van der Waals surface area contributed by atoms with Crippen molar-refractivity contribution in [3.63, 3.8) is 0 Å². The zero-order chi connectivity index (χ0) is 13.4. The average molecular weight is 237 g/mol. The molecular weight excluding hydrogens is 210 g/mol. The molecule has 0 rings (SSSR count). The van der Waals surface area contributed by atoms with Gasteiger partial charge < -0.3 is 5.32 Å². The second-order valence-corrected chi connectivity index (χ2v) is 5.36. The molecule has 0 aromatic rings. The van der Waals surface area contributed by atoms with E-state index in [-0.39, 0.29) is 5.91 Å². The number of carbonyl (C=O) groups is 1. The lowest BCUT2D eigenvalue weighted by Crippen LogP contribution is -2.16. The maximum atomic E-state index is 10.9. The van der Waals surface area contributed by atoms with Gasteiger partial charge in [0, 0.05) is 12.6 Å². The Morgan fingerprint density at radius 3 is 2.12 bits per heavy atom. The lowest BCUT2D eigenvalue weighted by molar-refractivity contribution is -0.118. The van der Waals surface area contributed by atoms with Crippen LogP contribution in [0, 0.1) is 11.8 Å². The van der Waals surface area contributed by atoms with E-state index >= 15 is 0 Å². The molecule has 0 aliphatic carbocycles. The standard InChI is InChI=1S/C15H27NO/c1-11(2)7-9-15(12(3)4)10-8-13(5)16-14(6)17/h8,10-12H,7,9H2,1-6H3,(H,16,17)/b13-8+,15-10+. The third-order valence-corrected chi connectivity index (χ3v) is 2.67. The van der Waals surface area contributed by atoms with Crippen LogP contribution in [-0.2, 0) is 4.79 Å². The molecule has 0 heterocycles. The predicted molar refractivity (Wildman–Crippen MR) is 74.6 cm³/mol. The fourth-order valence-electron chi connectivity index (χ4n) is 1.57. The predicted octanol–water partition coefficient (Wildman–Crippen LogP) is 4.04. The Morgan fingerprint density at radius 2 is 1.71 bits per heavy atom. The number of carbonyl (C=O) groups excluding carboxylic acids is 1. The number of hydrogen-bond acceptors (Lipinski definition) is 1. The molecule has 0 spiro atoms. The Balaban J connectivity index is 4.53. The van der Waals surface area contributed by atoms with Gasteiger partial charge in [0.2, 0.25) is 5.91 Å². The molecule has 0 radical (unpaired) electrons. The molecular formula is C15H27NO. The highest BCUT2D eigenvalue weighted by molar-refractivity contribution is 5.74. The molecule has 2 heteroatoms. The van der Waals surface area contributed by atoms with Gasteiger partial charge in [0.15, 0.2) is 0 Å². The monoisotopic (exact) mass is 237 g/mol. The van der Waals surface area contributed by atoms with Crippen LogP contribution >= 0.6 is 0 Å². The lowest BCUT2D eigenvalue weighted by atomic mass is 9.94. The van der Waals surface area contributed by atoms with Crippen LogP contribution in [-0.4, -0.2) is 5.91 Å². The molecule has 0 atom stereocenters. The van der Waals surface area contributed by atoms with Crippen LogP contribution in [0.15, 0.2) is 23.4 Å². The first-order valence-corrected chi connectivity index (χ1v) is 6.47. The van der Waals surface area contributed by atoms with Gasteiger partial charge in [0.1, 0.15) is 0 Å². The molecule has 1 amide bonds. The van der Waals surface area contributed by atoms with Crippen molar-refractivity contribution in [1.29, 1.82) is 0 Å². The first-order chi connectivity index (χ1) is 7.82. The number of hydrogen-bond donors (Lipinski definition) is 1. The highest BCUT2D eigenvalue weighted by Crippen LogP contribution is 2.19. The highest BCUT2D eigenvalue weighted by Gasteiger charge is 2.04. The van der Waals surface area contributed by atoms with Gasteiger partial charge in [-0.25, -0.2) is 0 Å². The molecule has 0 unspecified atom stereocenters. The average Bonchev–Trinajstić information content (AvgIpc) is 2.15. The molecule has 0 aromatic heterocycles. The van der Waals surface area contributed by atoms with Gasteiger partial charge in [-0.05, 0) is 37.7 Å². The van der Waals surface area contributed by atoms with Crippen LogP contribution in [0.25, 0.3) is 0 Å². The largest absolute Gasteiger partial charge is 0.330 e. The fourth-order valence-corrected chi connectivity index (χ4v) is 1.57. The Bertz CT molecular complexity index is 298. The van der Waals surface area contributed by atoms with E-state index < -0.39 is 0 Å². The molecule has 0 aromatic carbocycles. The first-order valence-electron chi connectivity index (χ1n) is 6.47. The van der Waals surface area contributed by atoms with Crippen molar-refractivity contribution in [2.45, 2.75) is 54.4 Å². The number of rotatable bonds is 6. The van der Waals surface area contributed by atoms with Gasteiger partial charge in [0.25, 0.3) is 0 Å². The summed E-state index contributed by atoms with van der Waals surface area (Å²) in [7, 11) is 0. The van der Waals surface area contributed by atoms with Crippen LogP contribution in [0.5, 0.6) is 0 Å². The Labute approximate surface area is 106 Å².